The molecule has 6 heteroatoms. The van der Waals surface area contributed by atoms with Crippen LogP contribution in [0.15, 0.2) is 12.1 Å². The van der Waals surface area contributed by atoms with Gasteiger partial charge in [0.2, 0.25) is 5.91 Å². The van der Waals surface area contributed by atoms with E-state index in [4.69, 9.17) is 11.6 Å². The number of halogens is 3. The molecule has 0 radical (unpaired) electrons. The van der Waals surface area contributed by atoms with Crippen molar-refractivity contribution in [3.63, 3.8) is 0 Å². The first kappa shape index (κ1) is 15.2. The lowest BCUT2D eigenvalue weighted by Gasteiger charge is -2.22. The number of carbonyl (C=O) groups is 1. The monoisotopic (exact) mass is 302 g/mol. The van der Waals surface area contributed by atoms with Crippen molar-refractivity contribution in [1.29, 1.82) is 0 Å². The largest absolute Gasteiger partial charge is 0.322 e. The fourth-order valence-electron chi connectivity index (χ4n) is 2.37. The Balaban J connectivity index is 1.88. The van der Waals surface area contributed by atoms with E-state index in [1.807, 2.05) is 0 Å². The lowest BCUT2D eigenvalue weighted by molar-refractivity contribution is -0.116. The van der Waals surface area contributed by atoms with Crippen LogP contribution in [0.1, 0.15) is 25.7 Å². The zero-order valence-electron chi connectivity index (χ0n) is 11.0. The second-order valence-electron chi connectivity index (χ2n) is 5.02. The molecule has 1 aromatic carbocycles. The zero-order valence-corrected chi connectivity index (χ0v) is 11.8. The zero-order chi connectivity index (χ0) is 14.5. The lowest BCUT2D eigenvalue weighted by Crippen LogP contribution is -2.28. The van der Waals surface area contributed by atoms with Crippen molar-refractivity contribution in [1.82, 2.24) is 5.32 Å². The predicted octanol–water partition coefficient (Wildman–Crippen LogP) is 3.34. The van der Waals surface area contributed by atoms with Crippen LogP contribution in [-0.2, 0) is 4.79 Å². The minimum absolute atomic E-state index is 0.127. The van der Waals surface area contributed by atoms with Gasteiger partial charge in [0.15, 0.2) is 5.82 Å². The van der Waals surface area contributed by atoms with Gasteiger partial charge in [-0.3, -0.25) is 4.79 Å². The number of carbonyl (C=O) groups excluding carboxylic acids is 1. The van der Waals surface area contributed by atoms with Crippen LogP contribution in [0, 0.1) is 17.6 Å². The quantitative estimate of drug-likeness (QED) is 0.895. The number of rotatable bonds is 4. The van der Waals surface area contributed by atoms with Gasteiger partial charge in [-0.15, -0.1) is 0 Å². The maximum Gasteiger partial charge on any atom is 0.224 e. The summed E-state index contributed by atoms with van der Waals surface area (Å²) in [6.07, 6.45) is 3.20. The summed E-state index contributed by atoms with van der Waals surface area (Å²) in [6, 6.07) is 1.68. The van der Waals surface area contributed by atoms with Crippen molar-refractivity contribution in [2.24, 2.45) is 5.92 Å². The molecule has 2 N–H and O–H groups in total. The van der Waals surface area contributed by atoms with Crippen LogP contribution in [0.2, 0.25) is 5.02 Å². The van der Waals surface area contributed by atoms with Crippen molar-refractivity contribution in [2.75, 3.05) is 18.4 Å². The molecule has 1 amide bonds. The van der Waals surface area contributed by atoms with E-state index >= 15 is 0 Å². The molecule has 0 aromatic heterocycles. The predicted molar refractivity (Wildman–Crippen MR) is 74.8 cm³/mol. The first-order chi connectivity index (χ1) is 9.56. The van der Waals surface area contributed by atoms with E-state index in [0.29, 0.717) is 18.4 Å². The van der Waals surface area contributed by atoms with Gasteiger partial charge in [0, 0.05) is 12.5 Å². The van der Waals surface area contributed by atoms with Crippen molar-refractivity contribution in [3.8, 4) is 0 Å². The summed E-state index contributed by atoms with van der Waals surface area (Å²) in [4.78, 5) is 11.8. The molecular weight excluding hydrogens is 286 g/mol. The molecule has 0 saturated carbocycles. The highest BCUT2D eigenvalue weighted by Crippen LogP contribution is 2.27. The Labute approximate surface area is 121 Å². The number of nitrogens with one attached hydrogen (secondary N) is 2. The molecule has 0 spiro atoms. The van der Waals surface area contributed by atoms with Gasteiger partial charge in [-0.1, -0.05) is 11.6 Å². The molecule has 3 nitrogen and oxygen atoms in total. The number of hydrogen-bond acceptors (Lipinski definition) is 2. The molecule has 1 heterocycles. The molecule has 0 aliphatic carbocycles. The highest BCUT2D eigenvalue weighted by molar-refractivity contribution is 6.33. The number of piperidine rings is 1. The van der Waals surface area contributed by atoms with E-state index in [1.165, 1.54) is 0 Å². The molecule has 1 aliphatic rings. The Morgan fingerprint density at radius 1 is 1.35 bits per heavy atom. The summed E-state index contributed by atoms with van der Waals surface area (Å²) in [5, 5.41) is 5.55. The van der Waals surface area contributed by atoms with Gasteiger partial charge in [0.05, 0.1) is 10.7 Å². The second kappa shape index (κ2) is 6.99. The third kappa shape index (κ3) is 4.15. The van der Waals surface area contributed by atoms with Crippen LogP contribution in [0.5, 0.6) is 0 Å². The molecule has 110 valence electrons. The summed E-state index contributed by atoms with van der Waals surface area (Å²) in [6.45, 7) is 1.95. The number of anilines is 1. The molecule has 1 aliphatic heterocycles. The van der Waals surface area contributed by atoms with E-state index in [9.17, 15) is 13.6 Å². The summed E-state index contributed by atoms with van der Waals surface area (Å²) in [5.74, 6) is -1.39. The summed E-state index contributed by atoms with van der Waals surface area (Å²) in [7, 11) is 0. The van der Waals surface area contributed by atoms with Crippen LogP contribution in [0.3, 0.4) is 0 Å². The van der Waals surface area contributed by atoms with Crippen molar-refractivity contribution in [3.05, 3.63) is 28.8 Å². The fraction of sp³-hybridized carbons (Fsp3) is 0.500. The topological polar surface area (TPSA) is 41.1 Å². The minimum atomic E-state index is -0.856. The molecule has 0 bridgehead atoms. The van der Waals surface area contributed by atoms with Crippen LogP contribution in [0.4, 0.5) is 14.5 Å². The molecular formula is C14H17ClF2N2O. The highest BCUT2D eigenvalue weighted by Gasteiger charge is 2.16. The fourth-order valence-corrected chi connectivity index (χ4v) is 2.61. The van der Waals surface area contributed by atoms with Gasteiger partial charge in [0.25, 0.3) is 0 Å². The molecule has 1 saturated heterocycles. The van der Waals surface area contributed by atoms with Crippen LogP contribution in [0.25, 0.3) is 0 Å². The van der Waals surface area contributed by atoms with Gasteiger partial charge in [-0.2, -0.15) is 0 Å². The van der Waals surface area contributed by atoms with Crippen LogP contribution in [-0.4, -0.2) is 19.0 Å². The number of benzene rings is 1. The third-order valence-corrected chi connectivity index (χ3v) is 3.81. The molecule has 20 heavy (non-hydrogen) atoms. The third-order valence-electron chi connectivity index (χ3n) is 3.51. The van der Waals surface area contributed by atoms with Crippen LogP contribution < -0.4 is 10.6 Å². The Kier molecular flexibility index (Phi) is 5.31. The van der Waals surface area contributed by atoms with Crippen LogP contribution >= 0.6 is 11.6 Å². The second-order valence-corrected chi connectivity index (χ2v) is 5.43. The van der Waals surface area contributed by atoms with Crippen molar-refractivity contribution < 1.29 is 13.6 Å². The number of amides is 1. The van der Waals surface area contributed by atoms with E-state index < -0.39 is 11.6 Å². The Morgan fingerprint density at radius 2 is 2.05 bits per heavy atom. The van der Waals surface area contributed by atoms with Crippen molar-refractivity contribution in [2.45, 2.75) is 25.7 Å². The van der Waals surface area contributed by atoms with E-state index in [1.54, 1.807) is 0 Å². The standard InChI is InChI=1S/C14H17ClF2N2O/c15-11-7-10(16)8-12(17)14(11)19-13(20)2-1-9-3-5-18-6-4-9/h7-9,18H,1-6H2,(H,19,20). The van der Waals surface area contributed by atoms with E-state index in [2.05, 4.69) is 10.6 Å². The Bertz CT molecular complexity index is 467. The molecule has 0 atom stereocenters. The maximum atomic E-state index is 13.5. The highest BCUT2D eigenvalue weighted by atomic mass is 35.5. The van der Waals surface area contributed by atoms with E-state index in [0.717, 1.165) is 38.4 Å². The minimum Gasteiger partial charge on any atom is -0.322 e. The summed E-state index contributed by atoms with van der Waals surface area (Å²) < 4.78 is 26.4. The summed E-state index contributed by atoms with van der Waals surface area (Å²) >= 11 is 5.72. The maximum absolute atomic E-state index is 13.5. The SMILES string of the molecule is O=C(CCC1CCNCC1)Nc1c(F)cc(F)cc1Cl. The van der Waals surface area contributed by atoms with Gasteiger partial charge in [-0.05, 0) is 44.3 Å². The first-order valence-electron chi connectivity index (χ1n) is 6.71. The normalized spacial score (nSPS) is 16.1. The van der Waals surface area contributed by atoms with Crippen molar-refractivity contribution >= 4 is 23.2 Å². The lowest BCUT2D eigenvalue weighted by atomic mass is 9.93. The Morgan fingerprint density at radius 3 is 2.70 bits per heavy atom. The molecule has 0 unspecified atom stereocenters. The van der Waals surface area contributed by atoms with Gasteiger partial charge >= 0.3 is 0 Å². The average Bonchev–Trinajstić information content (AvgIpc) is 2.42. The van der Waals surface area contributed by atoms with Gasteiger partial charge in [-0.25, -0.2) is 8.78 Å². The van der Waals surface area contributed by atoms with Gasteiger partial charge in [0.1, 0.15) is 5.82 Å². The molecule has 1 aromatic rings. The molecule has 2 rings (SSSR count). The smallest absolute Gasteiger partial charge is 0.224 e. The number of hydrogen-bond donors (Lipinski definition) is 2. The van der Waals surface area contributed by atoms with E-state index in [-0.39, 0.29) is 16.6 Å². The van der Waals surface area contributed by atoms with Gasteiger partial charge < -0.3 is 10.6 Å². The first-order valence-corrected chi connectivity index (χ1v) is 7.09. The molecule has 1 fully saturated rings. The Hall–Kier alpha value is -1.20. The average molecular weight is 303 g/mol. The summed E-state index contributed by atoms with van der Waals surface area (Å²) in [5.41, 5.74) is -0.150.